The zero-order valence-electron chi connectivity index (χ0n) is 17.5. The van der Waals surface area contributed by atoms with Gasteiger partial charge in [-0.05, 0) is 55.7 Å². The largest absolute Gasteiger partial charge is 0.353 e. The predicted octanol–water partition coefficient (Wildman–Crippen LogP) is 5.62. The van der Waals surface area contributed by atoms with Crippen molar-refractivity contribution in [2.45, 2.75) is 44.8 Å². The van der Waals surface area contributed by atoms with Crippen molar-refractivity contribution in [2.75, 3.05) is 5.75 Å². The van der Waals surface area contributed by atoms with Gasteiger partial charge in [0.15, 0.2) is 11.0 Å². The Morgan fingerprint density at radius 3 is 2.43 bits per heavy atom. The van der Waals surface area contributed by atoms with E-state index >= 15 is 0 Å². The molecular weight excluding hydrogens is 416 g/mol. The molecule has 1 amide bonds. The van der Waals surface area contributed by atoms with Gasteiger partial charge in [0.2, 0.25) is 5.91 Å². The van der Waals surface area contributed by atoms with Gasteiger partial charge < -0.3 is 5.32 Å². The van der Waals surface area contributed by atoms with Crippen LogP contribution in [0.2, 0.25) is 5.02 Å². The summed E-state index contributed by atoms with van der Waals surface area (Å²) in [7, 11) is 0. The van der Waals surface area contributed by atoms with Crippen LogP contribution in [-0.4, -0.2) is 32.5 Å². The summed E-state index contributed by atoms with van der Waals surface area (Å²) in [6.45, 7) is 6.25. The van der Waals surface area contributed by atoms with Crippen LogP contribution in [0.1, 0.15) is 33.6 Å². The molecule has 0 bridgehead atoms. The first-order valence-electron chi connectivity index (χ1n) is 10.1. The number of benzene rings is 2. The first kappa shape index (κ1) is 22.4. The van der Waals surface area contributed by atoms with Gasteiger partial charge in [-0.1, -0.05) is 55.4 Å². The molecule has 0 aliphatic rings. The quantitative estimate of drug-likeness (QED) is 0.345. The van der Waals surface area contributed by atoms with E-state index in [4.69, 9.17) is 11.6 Å². The van der Waals surface area contributed by atoms with Gasteiger partial charge >= 0.3 is 0 Å². The number of halogens is 1. The molecule has 0 saturated carbocycles. The Labute approximate surface area is 187 Å². The monoisotopic (exact) mass is 442 g/mol. The maximum absolute atomic E-state index is 12.1. The lowest BCUT2D eigenvalue weighted by Crippen LogP contribution is -2.35. The molecule has 5 nitrogen and oxygen atoms in total. The van der Waals surface area contributed by atoms with Crippen LogP contribution in [0.5, 0.6) is 0 Å². The third-order valence-corrected chi connectivity index (χ3v) is 6.19. The molecule has 0 saturated heterocycles. The number of thioether (sulfide) groups is 1. The molecule has 30 heavy (non-hydrogen) atoms. The maximum Gasteiger partial charge on any atom is 0.220 e. The lowest BCUT2D eigenvalue weighted by atomic mass is 10.1. The van der Waals surface area contributed by atoms with Crippen molar-refractivity contribution in [1.29, 1.82) is 0 Å². The molecule has 158 valence electrons. The van der Waals surface area contributed by atoms with E-state index in [1.54, 1.807) is 11.8 Å². The van der Waals surface area contributed by atoms with Crippen molar-refractivity contribution in [3.8, 4) is 17.1 Å². The predicted molar refractivity (Wildman–Crippen MR) is 124 cm³/mol. The fourth-order valence-corrected chi connectivity index (χ4v) is 3.86. The molecule has 2 aromatic carbocycles. The van der Waals surface area contributed by atoms with Gasteiger partial charge in [0, 0.05) is 34.5 Å². The van der Waals surface area contributed by atoms with E-state index in [9.17, 15) is 4.79 Å². The zero-order chi connectivity index (χ0) is 21.5. The maximum atomic E-state index is 12.1. The van der Waals surface area contributed by atoms with Crippen LogP contribution in [0.25, 0.3) is 17.1 Å². The third-order valence-electron chi connectivity index (χ3n) is 4.92. The van der Waals surface area contributed by atoms with Crippen LogP contribution in [0.15, 0.2) is 59.8 Å². The number of nitrogens with zero attached hydrogens (tertiary/aromatic N) is 3. The number of para-hydroxylation sites is 1. The summed E-state index contributed by atoms with van der Waals surface area (Å²) >= 11 is 7.65. The Kier molecular flexibility index (Phi) is 7.94. The number of amides is 1. The molecule has 1 atom stereocenters. The smallest absolute Gasteiger partial charge is 0.220 e. The van der Waals surface area contributed by atoms with Gasteiger partial charge in [0.05, 0.1) is 0 Å². The summed E-state index contributed by atoms with van der Waals surface area (Å²) in [4.78, 5) is 12.1. The SMILES string of the molecule is CC(C)C(C)NC(=O)CCCSc1nnc(-c2ccc(Cl)cc2)n1-c1ccccc1. The molecule has 3 rings (SSSR count). The van der Waals surface area contributed by atoms with E-state index in [-0.39, 0.29) is 11.9 Å². The standard InChI is InChI=1S/C23H27ClN4OS/c1-16(2)17(3)25-21(29)10-7-15-30-23-27-26-22(18-11-13-19(24)14-12-18)28(23)20-8-5-4-6-9-20/h4-6,8-9,11-14,16-17H,7,10,15H2,1-3H3,(H,25,29). The number of carbonyl (C=O) groups is 1. The van der Waals surface area contributed by atoms with E-state index in [1.165, 1.54) is 0 Å². The van der Waals surface area contributed by atoms with Crippen LogP contribution in [0.3, 0.4) is 0 Å². The molecule has 0 spiro atoms. The number of aromatic nitrogens is 3. The van der Waals surface area contributed by atoms with Crippen molar-refractivity contribution >= 4 is 29.3 Å². The summed E-state index contributed by atoms with van der Waals surface area (Å²) in [5.41, 5.74) is 1.95. The van der Waals surface area contributed by atoms with Crippen LogP contribution in [0.4, 0.5) is 0 Å². The number of hydrogen-bond donors (Lipinski definition) is 1. The van der Waals surface area contributed by atoms with Gasteiger partial charge in [-0.25, -0.2) is 0 Å². The molecular formula is C23H27ClN4OS. The van der Waals surface area contributed by atoms with Crippen LogP contribution < -0.4 is 5.32 Å². The molecule has 0 aliphatic carbocycles. The van der Waals surface area contributed by atoms with E-state index in [0.717, 1.165) is 34.4 Å². The highest BCUT2D eigenvalue weighted by atomic mass is 35.5. The summed E-state index contributed by atoms with van der Waals surface area (Å²) < 4.78 is 2.05. The van der Waals surface area contributed by atoms with Gasteiger partial charge in [-0.3, -0.25) is 9.36 Å². The lowest BCUT2D eigenvalue weighted by molar-refractivity contribution is -0.121. The Bertz CT molecular complexity index is 957. The molecule has 0 fully saturated rings. The van der Waals surface area contributed by atoms with Gasteiger partial charge in [0.25, 0.3) is 0 Å². The number of nitrogens with one attached hydrogen (secondary N) is 1. The third kappa shape index (κ3) is 5.86. The second-order valence-corrected chi connectivity index (χ2v) is 9.03. The highest BCUT2D eigenvalue weighted by Gasteiger charge is 2.16. The van der Waals surface area contributed by atoms with Crippen molar-refractivity contribution in [3.63, 3.8) is 0 Å². The highest BCUT2D eigenvalue weighted by molar-refractivity contribution is 7.99. The average molecular weight is 443 g/mol. The van der Waals surface area contributed by atoms with E-state index < -0.39 is 0 Å². The summed E-state index contributed by atoms with van der Waals surface area (Å²) in [6.07, 6.45) is 1.28. The van der Waals surface area contributed by atoms with Gasteiger partial charge in [-0.15, -0.1) is 10.2 Å². The van der Waals surface area contributed by atoms with Crippen LogP contribution in [-0.2, 0) is 4.79 Å². The average Bonchev–Trinajstić information content (AvgIpc) is 3.16. The molecule has 0 aliphatic heterocycles. The van der Waals surface area contributed by atoms with E-state index in [0.29, 0.717) is 17.4 Å². The lowest BCUT2D eigenvalue weighted by Gasteiger charge is -2.17. The Morgan fingerprint density at radius 2 is 1.77 bits per heavy atom. The Hall–Kier alpha value is -2.31. The van der Waals surface area contributed by atoms with Gasteiger partial charge in [0.1, 0.15) is 0 Å². The molecule has 1 N–H and O–H groups in total. The molecule has 0 radical (unpaired) electrons. The minimum Gasteiger partial charge on any atom is -0.353 e. The molecule has 1 aromatic heterocycles. The van der Waals surface area contributed by atoms with Crippen molar-refractivity contribution in [2.24, 2.45) is 5.92 Å². The fourth-order valence-electron chi connectivity index (χ4n) is 2.85. The molecule has 3 aromatic rings. The zero-order valence-corrected chi connectivity index (χ0v) is 19.1. The highest BCUT2D eigenvalue weighted by Crippen LogP contribution is 2.29. The summed E-state index contributed by atoms with van der Waals surface area (Å²) in [5.74, 6) is 2.08. The van der Waals surface area contributed by atoms with Crippen molar-refractivity contribution in [3.05, 3.63) is 59.6 Å². The number of carbonyl (C=O) groups excluding carboxylic acids is 1. The minimum atomic E-state index is 0.100. The van der Waals surface area contributed by atoms with Gasteiger partial charge in [-0.2, -0.15) is 0 Å². The summed E-state index contributed by atoms with van der Waals surface area (Å²) in [6, 6.07) is 17.8. The topological polar surface area (TPSA) is 59.8 Å². The first-order valence-corrected chi connectivity index (χ1v) is 11.5. The second-order valence-electron chi connectivity index (χ2n) is 7.54. The normalized spacial score (nSPS) is 12.2. The van der Waals surface area contributed by atoms with Crippen LogP contribution >= 0.6 is 23.4 Å². The molecule has 1 heterocycles. The first-order chi connectivity index (χ1) is 14.5. The second kappa shape index (κ2) is 10.6. The Balaban J connectivity index is 1.71. The van der Waals surface area contributed by atoms with E-state index in [2.05, 4.69) is 33.9 Å². The minimum absolute atomic E-state index is 0.100. The molecule has 1 unspecified atom stereocenters. The van der Waals surface area contributed by atoms with Crippen molar-refractivity contribution in [1.82, 2.24) is 20.1 Å². The fraction of sp³-hybridized carbons (Fsp3) is 0.348. The number of hydrogen-bond acceptors (Lipinski definition) is 4. The summed E-state index contributed by atoms with van der Waals surface area (Å²) in [5, 5.41) is 13.4. The number of rotatable bonds is 9. The van der Waals surface area contributed by atoms with Crippen LogP contribution in [0, 0.1) is 5.92 Å². The van der Waals surface area contributed by atoms with Crippen molar-refractivity contribution < 1.29 is 4.79 Å². The Morgan fingerprint density at radius 1 is 1.07 bits per heavy atom. The molecule has 7 heteroatoms. The van der Waals surface area contributed by atoms with E-state index in [1.807, 2.05) is 61.5 Å².